The second kappa shape index (κ2) is 7.57. The van der Waals surface area contributed by atoms with Gasteiger partial charge < -0.3 is 19.5 Å². The van der Waals surface area contributed by atoms with E-state index in [9.17, 15) is 4.79 Å². The van der Waals surface area contributed by atoms with Crippen molar-refractivity contribution < 1.29 is 19.0 Å². The van der Waals surface area contributed by atoms with Crippen molar-refractivity contribution in [1.29, 1.82) is 0 Å². The molecule has 1 aliphatic heterocycles. The van der Waals surface area contributed by atoms with E-state index in [1.165, 1.54) is 0 Å². The molecule has 2 aromatic carbocycles. The molecule has 0 spiro atoms. The van der Waals surface area contributed by atoms with E-state index in [0.29, 0.717) is 17.2 Å². The molecule has 130 valence electrons. The van der Waals surface area contributed by atoms with Crippen molar-refractivity contribution in [3.63, 3.8) is 0 Å². The molecule has 0 saturated carbocycles. The van der Waals surface area contributed by atoms with Crippen LogP contribution in [0.25, 0.3) is 0 Å². The van der Waals surface area contributed by atoms with Crippen molar-refractivity contribution in [1.82, 2.24) is 5.43 Å². The summed E-state index contributed by atoms with van der Waals surface area (Å²) < 4.78 is 15.8. The molecule has 2 aromatic rings. The average Bonchev–Trinajstić information content (AvgIpc) is 3.09. The normalized spacial score (nSPS) is 13.5. The first-order valence-electron chi connectivity index (χ1n) is 7.79. The third-order valence-electron chi connectivity index (χ3n) is 3.66. The summed E-state index contributed by atoms with van der Waals surface area (Å²) >= 11 is 0. The summed E-state index contributed by atoms with van der Waals surface area (Å²) in [6.45, 7) is 1.97. The lowest BCUT2D eigenvalue weighted by atomic mass is 10.2. The molecule has 1 aliphatic rings. The number of fused-ring (bicyclic) bond motifs is 1. The lowest BCUT2D eigenvalue weighted by Crippen LogP contribution is -2.35. The van der Waals surface area contributed by atoms with Gasteiger partial charge in [-0.1, -0.05) is 12.1 Å². The number of ether oxygens (including phenoxy) is 3. The van der Waals surface area contributed by atoms with E-state index < -0.39 is 6.04 Å². The van der Waals surface area contributed by atoms with Gasteiger partial charge in [0.1, 0.15) is 11.8 Å². The van der Waals surface area contributed by atoms with E-state index >= 15 is 0 Å². The number of para-hydroxylation sites is 2. The van der Waals surface area contributed by atoms with Gasteiger partial charge in [-0.15, -0.1) is 0 Å². The van der Waals surface area contributed by atoms with Crippen LogP contribution in [0.4, 0.5) is 5.69 Å². The van der Waals surface area contributed by atoms with Crippen molar-refractivity contribution >= 4 is 17.8 Å². The van der Waals surface area contributed by atoms with Gasteiger partial charge in [-0.05, 0) is 42.8 Å². The number of hydrogen-bond donors (Lipinski definition) is 2. The SMILES string of the molecule is COc1ccccc1NC(C)C(=O)NN=Cc1ccc2c(c1)OCO2. The minimum absolute atomic E-state index is 0.221. The molecule has 0 radical (unpaired) electrons. The molecule has 0 bridgehead atoms. The van der Waals surface area contributed by atoms with Gasteiger partial charge in [0.05, 0.1) is 19.0 Å². The van der Waals surface area contributed by atoms with E-state index in [1.807, 2.05) is 30.3 Å². The Morgan fingerprint density at radius 1 is 1.24 bits per heavy atom. The van der Waals surface area contributed by atoms with Gasteiger partial charge in [0, 0.05) is 0 Å². The van der Waals surface area contributed by atoms with Crippen molar-refractivity contribution in [3.05, 3.63) is 48.0 Å². The molecule has 0 aromatic heterocycles. The number of nitrogens with zero attached hydrogens (tertiary/aromatic N) is 1. The molecule has 0 fully saturated rings. The van der Waals surface area contributed by atoms with Crippen LogP contribution in [0.1, 0.15) is 12.5 Å². The minimum atomic E-state index is -0.481. The Bertz CT molecular complexity index is 792. The summed E-state index contributed by atoms with van der Waals surface area (Å²) in [5, 5.41) is 7.08. The Morgan fingerprint density at radius 2 is 2.04 bits per heavy atom. The smallest absolute Gasteiger partial charge is 0.262 e. The topological polar surface area (TPSA) is 81.2 Å². The third kappa shape index (κ3) is 4.00. The summed E-state index contributed by atoms with van der Waals surface area (Å²) in [6.07, 6.45) is 1.55. The molecule has 2 N–H and O–H groups in total. The fraction of sp³-hybridized carbons (Fsp3) is 0.222. The lowest BCUT2D eigenvalue weighted by Gasteiger charge is -2.15. The number of benzene rings is 2. The maximum absolute atomic E-state index is 12.2. The largest absolute Gasteiger partial charge is 0.495 e. The van der Waals surface area contributed by atoms with Crippen molar-refractivity contribution in [2.24, 2.45) is 5.10 Å². The number of carbonyl (C=O) groups is 1. The van der Waals surface area contributed by atoms with Gasteiger partial charge >= 0.3 is 0 Å². The highest BCUT2D eigenvalue weighted by atomic mass is 16.7. The summed E-state index contributed by atoms with van der Waals surface area (Å²) in [7, 11) is 1.58. The second-order valence-electron chi connectivity index (χ2n) is 5.41. The van der Waals surface area contributed by atoms with Crippen LogP contribution in [0.3, 0.4) is 0 Å². The van der Waals surface area contributed by atoms with E-state index in [2.05, 4.69) is 15.8 Å². The second-order valence-corrected chi connectivity index (χ2v) is 5.41. The Morgan fingerprint density at radius 3 is 2.88 bits per heavy atom. The first-order valence-corrected chi connectivity index (χ1v) is 7.79. The Hall–Kier alpha value is -3.22. The minimum Gasteiger partial charge on any atom is -0.495 e. The number of amides is 1. The van der Waals surface area contributed by atoms with Gasteiger partial charge in [-0.3, -0.25) is 4.79 Å². The van der Waals surface area contributed by atoms with E-state index in [4.69, 9.17) is 14.2 Å². The van der Waals surface area contributed by atoms with E-state index in [0.717, 1.165) is 11.3 Å². The molecule has 1 amide bonds. The number of carbonyl (C=O) groups excluding carboxylic acids is 1. The van der Waals surface area contributed by atoms with Crippen LogP contribution >= 0.6 is 0 Å². The fourth-order valence-electron chi connectivity index (χ4n) is 2.32. The summed E-state index contributed by atoms with van der Waals surface area (Å²) in [5.74, 6) is 1.78. The number of hydrogen-bond acceptors (Lipinski definition) is 6. The lowest BCUT2D eigenvalue weighted by molar-refractivity contribution is -0.121. The zero-order valence-corrected chi connectivity index (χ0v) is 14.0. The molecule has 7 heteroatoms. The van der Waals surface area contributed by atoms with Gasteiger partial charge in [0.2, 0.25) is 6.79 Å². The Labute approximate surface area is 145 Å². The molecular weight excluding hydrogens is 322 g/mol. The number of nitrogens with one attached hydrogen (secondary N) is 2. The summed E-state index contributed by atoms with van der Waals surface area (Å²) in [6, 6.07) is 12.4. The zero-order chi connectivity index (χ0) is 17.6. The maximum Gasteiger partial charge on any atom is 0.262 e. The number of hydrazone groups is 1. The predicted molar refractivity (Wildman–Crippen MR) is 94.4 cm³/mol. The van der Waals surface area contributed by atoms with E-state index in [-0.39, 0.29) is 12.7 Å². The molecule has 1 heterocycles. The third-order valence-corrected chi connectivity index (χ3v) is 3.66. The molecule has 0 aliphatic carbocycles. The predicted octanol–water partition coefficient (Wildman–Crippen LogP) is 2.37. The molecule has 7 nitrogen and oxygen atoms in total. The summed E-state index contributed by atoms with van der Waals surface area (Å²) in [4.78, 5) is 12.2. The van der Waals surface area contributed by atoms with Gasteiger partial charge in [-0.2, -0.15) is 5.10 Å². The molecule has 25 heavy (non-hydrogen) atoms. The molecule has 0 saturated heterocycles. The van der Waals surface area contributed by atoms with Crippen molar-refractivity contribution in [3.8, 4) is 17.2 Å². The number of anilines is 1. The highest BCUT2D eigenvalue weighted by molar-refractivity contribution is 5.87. The van der Waals surface area contributed by atoms with Crippen LogP contribution in [0.5, 0.6) is 17.2 Å². The molecule has 1 unspecified atom stereocenters. The first kappa shape index (κ1) is 16.6. The summed E-state index contributed by atoms with van der Waals surface area (Å²) in [5.41, 5.74) is 4.06. The van der Waals surface area contributed by atoms with Crippen LogP contribution in [-0.2, 0) is 4.79 Å². The van der Waals surface area contributed by atoms with Gasteiger partial charge in [0.25, 0.3) is 5.91 Å². The number of rotatable bonds is 6. The fourth-order valence-corrected chi connectivity index (χ4v) is 2.32. The Balaban J connectivity index is 1.56. The van der Waals surface area contributed by atoms with Crippen molar-refractivity contribution in [2.75, 3.05) is 19.2 Å². The highest BCUT2D eigenvalue weighted by Crippen LogP contribution is 2.31. The standard InChI is InChI=1S/C18H19N3O4/c1-12(20-14-5-3-4-6-15(14)23-2)18(22)21-19-10-13-7-8-16-17(9-13)25-11-24-16/h3-10,12,20H,11H2,1-2H3,(H,21,22). The molecule has 3 rings (SSSR count). The quantitative estimate of drug-likeness (QED) is 0.623. The monoisotopic (exact) mass is 341 g/mol. The van der Waals surface area contributed by atoms with Crippen LogP contribution in [0, 0.1) is 0 Å². The van der Waals surface area contributed by atoms with E-state index in [1.54, 1.807) is 32.4 Å². The zero-order valence-electron chi connectivity index (χ0n) is 14.0. The van der Waals surface area contributed by atoms with Gasteiger partial charge in [-0.25, -0.2) is 5.43 Å². The van der Waals surface area contributed by atoms with Crippen LogP contribution in [0.2, 0.25) is 0 Å². The first-order chi connectivity index (χ1) is 12.2. The Kier molecular flexibility index (Phi) is 5.03. The van der Waals surface area contributed by atoms with Crippen LogP contribution < -0.4 is 25.0 Å². The van der Waals surface area contributed by atoms with Crippen LogP contribution in [0.15, 0.2) is 47.6 Å². The van der Waals surface area contributed by atoms with Gasteiger partial charge in [0.15, 0.2) is 11.5 Å². The van der Waals surface area contributed by atoms with Crippen LogP contribution in [-0.4, -0.2) is 32.1 Å². The molecular formula is C18H19N3O4. The number of methoxy groups -OCH3 is 1. The molecule has 1 atom stereocenters. The average molecular weight is 341 g/mol. The highest BCUT2D eigenvalue weighted by Gasteiger charge is 2.14. The maximum atomic E-state index is 12.2. The van der Waals surface area contributed by atoms with Crippen molar-refractivity contribution in [2.45, 2.75) is 13.0 Å².